The third-order valence-corrected chi connectivity index (χ3v) is 10.7. The zero-order chi connectivity index (χ0) is 37.3. The summed E-state index contributed by atoms with van der Waals surface area (Å²) in [4.78, 5) is 2.31. The number of furan rings is 1. The highest BCUT2D eigenvalue weighted by Gasteiger charge is 2.16. The molecule has 0 atom stereocenters. The number of rotatable bonds is 8. The molecular formula is C54H37NO. The van der Waals surface area contributed by atoms with E-state index >= 15 is 0 Å². The number of nitrogens with zero attached hydrogens (tertiary/aromatic N) is 1. The van der Waals surface area contributed by atoms with Gasteiger partial charge in [0.05, 0.1) is 0 Å². The van der Waals surface area contributed by atoms with Gasteiger partial charge in [-0.3, -0.25) is 0 Å². The zero-order valence-corrected chi connectivity index (χ0v) is 30.7. The van der Waals surface area contributed by atoms with Crippen molar-refractivity contribution in [2.24, 2.45) is 0 Å². The first-order valence-electron chi connectivity index (χ1n) is 19.1. The molecule has 1 aromatic heterocycles. The fourth-order valence-corrected chi connectivity index (χ4v) is 7.78. The molecule has 0 amide bonds. The van der Waals surface area contributed by atoms with Crippen LogP contribution >= 0.6 is 0 Å². The van der Waals surface area contributed by atoms with Crippen LogP contribution in [0.15, 0.2) is 229 Å². The predicted octanol–water partition coefficient (Wildman–Crippen LogP) is 15.4. The molecule has 1 heterocycles. The molecule has 10 aromatic rings. The Labute approximate surface area is 327 Å². The van der Waals surface area contributed by atoms with E-state index in [1.807, 2.05) is 12.1 Å². The van der Waals surface area contributed by atoms with Crippen LogP contribution in [0.2, 0.25) is 0 Å². The normalized spacial score (nSPS) is 11.2. The summed E-state index contributed by atoms with van der Waals surface area (Å²) in [5, 5.41) is 2.24. The van der Waals surface area contributed by atoms with Crippen LogP contribution in [0.1, 0.15) is 0 Å². The van der Waals surface area contributed by atoms with Gasteiger partial charge in [-0.05, 0) is 110 Å². The number of hydrogen-bond acceptors (Lipinski definition) is 2. The highest BCUT2D eigenvalue weighted by molar-refractivity contribution is 6.06. The number of para-hydroxylation sites is 1. The van der Waals surface area contributed by atoms with Gasteiger partial charge in [0.25, 0.3) is 0 Å². The van der Waals surface area contributed by atoms with Crippen LogP contribution in [-0.2, 0) is 0 Å². The highest BCUT2D eigenvalue weighted by atomic mass is 16.3. The highest BCUT2D eigenvalue weighted by Crippen LogP contribution is 2.40. The summed E-state index contributed by atoms with van der Waals surface area (Å²) >= 11 is 0. The average Bonchev–Trinajstić information content (AvgIpc) is 3.66. The third-order valence-electron chi connectivity index (χ3n) is 10.7. The van der Waals surface area contributed by atoms with Crippen molar-refractivity contribution in [1.29, 1.82) is 0 Å². The van der Waals surface area contributed by atoms with Crippen LogP contribution in [0, 0.1) is 0 Å². The number of anilines is 3. The smallest absolute Gasteiger partial charge is 0.137 e. The molecule has 0 spiro atoms. The summed E-state index contributed by atoms with van der Waals surface area (Å²) < 4.78 is 6.37. The minimum absolute atomic E-state index is 0.869. The molecule has 2 nitrogen and oxygen atoms in total. The Hall–Kier alpha value is -7.42. The van der Waals surface area contributed by atoms with Gasteiger partial charge in [0.15, 0.2) is 0 Å². The summed E-state index contributed by atoms with van der Waals surface area (Å²) in [5.74, 6) is 0. The molecule has 9 aromatic carbocycles. The van der Waals surface area contributed by atoms with Gasteiger partial charge in [-0.1, -0.05) is 164 Å². The van der Waals surface area contributed by atoms with Gasteiger partial charge in [-0.25, -0.2) is 0 Å². The Morgan fingerprint density at radius 2 is 0.589 bits per heavy atom. The Morgan fingerprint density at radius 1 is 0.232 bits per heavy atom. The van der Waals surface area contributed by atoms with Crippen molar-refractivity contribution in [3.05, 3.63) is 224 Å². The number of hydrogen-bond donors (Lipinski definition) is 0. The number of fused-ring (bicyclic) bond motifs is 3. The van der Waals surface area contributed by atoms with E-state index in [4.69, 9.17) is 4.42 Å². The van der Waals surface area contributed by atoms with E-state index in [1.54, 1.807) is 0 Å². The molecule has 0 aliphatic carbocycles. The molecular weight excluding hydrogens is 679 g/mol. The minimum atomic E-state index is 0.869. The van der Waals surface area contributed by atoms with Crippen molar-refractivity contribution in [3.8, 4) is 55.6 Å². The van der Waals surface area contributed by atoms with Crippen molar-refractivity contribution < 1.29 is 4.42 Å². The van der Waals surface area contributed by atoms with Crippen LogP contribution in [0.3, 0.4) is 0 Å². The SMILES string of the molecule is c1ccc(-c2ccc(-c3cccc(-c4ccc(N(c5ccc(-c6cccc(-c7ccccc7)c6)cc5)c5ccc6c(c5)oc5ccccc56)cc4)c3)cc2)cc1. The van der Waals surface area contributed by atoms with Crippen LogP contribution in [0.4, 0.5) is 17.1 Å². The lowest BCUT2D eigenvalue weighted by atomic mass is 9.97. The molecule has 10 rings (SSSR count). The Morgan fingerprint density at radius 3 is 1.11 bits per heavy atom. The lowest BCUT2D eigenvalue weighted by Crippen LogP contribution is -2.09. The summed E-state index contributed by atoms with van der Waals surface area (Å²) in [5.41, 5.74) is 16.9. The average molecular weight is 716 g/mol. The number of benzene rings is 9. The van der Waals surface area contributed by atoms with Gasteiger partial charge in [-0.15, -0.1) is 0 Å². The molecule has 56 heavy (non-hydrogen) atoms. The Balaban J connectivity index is 0.992. The second-order valence-corrected chi connectivity index (χ2v) is 14.2. The fraction of sp³-hybridized carbons (Fsp3) is 0. The molecule has 2 heteroatoms. The molecule has 0 unspecified atom stereocenters. The Bertz CT molecular complexity index is 2930. The van der Waals surface area contributed by atoms with Gasteiger partial charge in [0.1, 0.15) is 11.2 Å². The van der Waals surface area contributed by atoms with Gasteiger partial charge in [0.2, 0.25) is 0 Å². The van der Waals surface area contributed by atoms with Crippen molar-refractivity contribution in [3.63, 3.8) is 0 Å². The van der Waals surface area contributed by atoms with Crippen LogP contribution in [0.25, 0.3) is 77.6 Å². The predicted molar refractivity (Wildman–Crippen MR) is 236 cm³/mol. The van der Waals surface area contributed by atoms with Gasteiger partial charge in [0, 0.05) is 33.9 Å². The van der Waals surface area contributed by atoms with Gasteiger partial charge >= 0.3 is 0 Å². The molecule has 0 bridgehead atoms. The first kappa shape index (κ1) is 33.2. The molecule has 0 saturated heterocycles. The van der Waals surface area contributed by atoms with Crippen molar-refractivity contribution in [1.82, 2.24) is 0 Å². The quantitative estimate of drug-likeness (QED) is 0.156. The largest absolute Gasteiger partial charge is 0.456 e. The van der Waals surface area contributed by atoms with Crippen LogP contribution in [-0.4, -0.2) is 0 Å². The van der Waals surface area contributed by atoms with E-state index in [2.05, 4.69) is 217 Å². The van der Waals surface area contributed by atoms with E-state index in [0.29, 0.717) is 0 Å². The molecule has 0 saturated carbocycles. The maximum Gasteiger partial charge on any atom is 0.137 e. The van der Waals surface area contributed by atoms with E-state index in [9.17, 15) is 0 Å². The second kappa shape index (κ2) is 14.4. The molecule has 0 fully saturated rings. The summed E-state index contributed by atoms with van der Waals surface area (Å²) in [6.45, 7) is 0. The summed E-state index contributed by atoms with van der Waals surface area (Å²) in [7, 11) is 0. The molecule has 0 aliphatic heterocycles. The third kappa shape index (κ3) is 6.44. The van der Waals surface area contributed by atoms with E-state index < -0.39 is 0 Å². The summed E-state index contributed by atoms with van der Waals surface area (Å²) in [6, 6.07) is 80.0. The van der Waals surface area contributed by atoms with Crippen molar-refractivity contribution >= 4 is 39.0 Å². The van der Waals surface area contributed by atoms with E-state index in [0.717, 1.165) is 44.6 Å². The lowest BCUT2D eigenvalue weighted by Gasteiger charge is -2.26. The van der Waals surface area contributed by atoms with Crippen LogP contribution in [0.5, 0.6) is 0 Å². The van der Waals surface area contributed by atoms with Crippen molar-refractivity contribution in [2.75, 3.05) is 4.90 Å². The lowest BCUT2D eigenvalue weighted by molar-refractivity contribution is 0.669. The molecule has 0 aliphatic rings. The van der Waals surface area contributed by atoms with Gasteiger partial charge < -0.3 is 9.32 Å². The molecule has 264 valence electrons. The maximum atomic E-state index is 6.37. The van der Waals surface area contributed by atoms with Crippen molar-refractivity contribution in [2.45, 2.75) is 0 Å². The van der Waals surface area contributed by atoms with Crippen LogP contribution < -0.4 is 4.90 Å². The fourth-order valence-electron chi connectivity index (χ4n) is 7.78. The Kier molecular flexibility index (Phi) is 8.55. The molecule has 0 N–H and O–H groups in total. The standard InChI is InChI=1S/C54H37NO/c1-3-11-38(12-4-1)40-21-23-41(24-22-40)45-16-10-18-47(36-45)43-27-31-49(32-28-43)55(50-33-34-52-51-19-7-8-20-53(51)56-54(52)37-50)48-29-25-42(26-30-48)46-17-9-15-44(35-46)39-13-5-2-6-14-39/h1-37H. The zero-order valence-electron chi connectivity index (χ0n) is 30.7. The second-order valence-electron chi connectivity index (χ2n) is 14.2. The first-order chi connectivity index (χ1) is 27.7. The molecule has 0 radical (unpaired) electrons. The van der Waals surface area contributed by atoms with Gasteiger partial charge in [-0.2, -0.15) is 0 Å². The minimum Gasteiger partial charge on any atom is -0.456 e. The monoisotopic (exact) mass is 715 g/mol. The topological polar surface area (TPSA) is 16.4 Å². The first-order valence-corrected chi connectivity index (χ1v) is 19.1. The van der Waals surface area contributed by atoms with E-state index in [-0.39, 0.29) is 0 Å². The summed E-state index contributed by atoms with van der Waals surface area (Å²) in [6.07, 6.45) is 0. The maximum absolute atomic E-state index is 6.37. The van der Waals surface area contributed by atoms with E-state index in [1.165, 1.54) is 50.1 Å².